The Hall–Kier alpha value is -2.84. The average molecular weight is 416 g/mol. The molecule has 0 fully saturated rings. The van der Waals surface area contributed by atoms with E-state index in [9.17, 15) is 17.2 Å². The van der Waals surface area contributed by atoms with Crippen molar-refractivity contribution in [3.8, 4) is 10.6 Å². The first-order chi connectivity index (χ1) is 13.3. The van der Waals surface area contributed by atoms with Crippen LogP contribution in [0.2, 0.25) is 0 Å². The van der Waals surface area contributed by atoms with Crippen LogP contribution in [0.15, 0.2) is 65.6 Å². The van der Waals surface area contributed by atoms with Gasteiger partial charge in [-0.1, -0.05) is 6.07 Å². The number of aryl methyl sites for hydroxylation is 1. The van der Waals surface area contributed by atoms with E-state index in [1.54, 1.807) is 35.6 Å². The Morgan fingerprint density at radius 1 is 0.964 bits per heavy atom. The van der Waals surface area contributed by atoms with Crippen LogP contribution in [0.1, 0.15) is 5.56 Å². The van der Waals surface area contributed by atoms with Crippen LogP contribution >= 0.6 is 11.3 Å². The van der Waals surface area contributed by atoms with Gasteiger partial charge in [-0.05, 0) is 61.0 Å². The third-order valence-electron chi connectivity index (χ3n) is 4.11. The Morgan fingerprint density at radius 2 is 1.71 bits per heavy atom. The average Bonchev–Trinajstić information content (AvgIpc) is 3.04. The van der Waals surface area contributed by atoms with Gasteiger partial charge in [-0.25, -0.2) is 22.2 Å². The van der Waals surface area contributed by atoms with Crippen LogP contribution in [-0.2, 0) is 10.0 Å². The van der Waals surface area contributed by atoms with E-state index >= 15 is 0 Å². The van der Waals surface area contributed by atoms with Crippen molar-refractivity contribution in [2.75, 3.05) is 4.72 Å². The van der Waals surface area contributed by atoms with Gasteiger partial charge in [-0.15, -0.1) is 11.3 Å². The summed E-state index contributed by atoms with van der Waals surface area (Å²) >= 11 is 1.55. The van der Waals surface area contributed by atoms with Crippen molar-refractivity contribution in [1.82, 2.24) is 4.98 Å². The highest BCUT2D eigenvalue weighted by atomic mass is 32.2. The molecule has 0 spiro atoms. The summed E-state index contributed by atoms with van der Waals surface area (Å²) in [7, 11) is -4.17. The quantitative estimate of drug-likeness (QED) is 0.488. The molecule has 0 bridgehead atoms. The van der Waals surface area contributed by atoms with Crippen molar-refractivity contribution in [2.45, 2.75) is 11.8 Å². The highest BCUT2D eigenvalue weighted by molar-refractivity contribution is 7.92. The molecule has 0 aliphatic rings. The minimum Gasteiger partial charge on any atom is -0.280 e. The number of thiazole rings is 1. The lowest BCUT2D eigenvalue weighted by molar-refractivity contribution is 0.551. The third-order valence-corrected chi connectivity index (χ3v) is 6.59. The number of aromatic nitrogens is 1. The maximum Gasteiger partial charge on any atom is 0.264 e. The highest BCUT2D eigenvalue weighted by Crippen LogP contribution is 2.31. The van der Waals surface area contributed by atoms with E-state index in [1.807, 2.05) is 19.1 Å². The van der Waals surface area contributed by atoms with Crippen LogP contribution < -0.4 is 4.72 Å². The number of nitrogens with zero attached hydrogens (tertiary/aromatic N) is 1. The molecule has 1 aromatic heterocycles. The van der Waals surface area contributed by atoms with E-state index in [4.69, 9.17) is 0 Å². The number of nitrogens with one attached hydrogen (secondary N) is 1. The number of fused-ring (bicyclic) bond motifs is 1. The fraction of sp³-hybridized carbons (Fsp3) is 0.0500. The predicted molar refractivity (Wildman–Crippen MR) is 107 cm³/mol. The van der Waals surface area contributed by atoms with Crippen molar-refractivity contribution in [3.63, 3.8) is 0 Å². The Kier molecular flexibility index (Phi) is 4.60. The minimum absolute atomic E-state index is 0.268. The molecule has 1 heterocycles. The van der Waals surface area contributed by atoms with Gasteiger partial charge in [0.05, 0.1) is 10.2 Å². The number of halogens is 2. The molecular weight excluding hydrogens is 402 g/mol. The number of hydrogen-bond donors (Lipinski definition) is 1. The van der Waals surface area contributed by atoms with Gasteiger partial charge in [0.1, 0.15) is 21.5 Å². The second kappa shape index (κ2) is 6.96. The predicted octanol–water partition coefficient (Wildman–Crippen LogP) is 5.35. The Labute approximate surface area is 164 Å². The topological polar surface area (TPSA) is 59.1 Å². The summed E-state index contributed by atoms with van der Waals surface area (Å²) in [6.07, 6.45) is 0. The molecule has 0 radical (unpaired) electrons. The maximum atomic E-state index is 13.8. The molecule has 0 saturated heterocycles. The molecule has 142 valence electrons. The molecule has 0 atom stereocenters. The number of anilines is 1. The van der Waals surface area contributed by atoms with Crippen LogP contribution in [-0.4, -0.2) is 13.4 Å². The van der Waals surface area contributed by atoms with Gasteiger partial charge < -0.3 is 0 Å². The Bertz CT molecular complexity index is 1280. The summed E-state index contributed by atoms with van der Waals surface area (Å²) in [5.74, 6) is -1.99. The number of sulfonamides is 1. The molecule has 0 saturated carbocycles. The summed E-state index contributed by atoms with van der Waals surface area (Å²) in [6.45, 7) is 2.02. The fourth-order valence-electron chi connectivity index (χ4n) is 2.74. The first-order valence-corrected chi connectivity index (χ1v) is 10.6. The molecule has 1 N–H and O–H groups in total. The van der Waals surface area contributed by atoms with Gasteiger partial charge in [0, 0.05) is 17.3 Å². The normalized spacial score (nSPS) is 11.7. The lowest BCUT2D eigenvalue weighted by atomic mass is 10.2. The van der Waals surface area contributed by atoms with Crippen LogP contribution in [0.3, 0.4) is 0 Å². The molecule has 8 heteroatoms. The van der Waals surface area contributed by atoms with Crippen molar-refractivity contribution in [3.05, 3.63) is 77.9 Å². The van der Waals surface area contributed by atoms with Gasteiger partial charge in [0.25, 0.3) is 10.0 Å². The standard InChI is InChI=1S/C20H14F2N2O2S2/c1-12-2-8-17-18(10-12)27-20(23-17)13-3-6-15(7-4-13)24-28(25,26)19-9-5-14(21)11-16(19)22/h2-11,24H,1H3. The van der Waals surface area contributed by atoms with Crippen molar-refractivity contribution >= 4 is 37.3 Å². The molecule has 0 aliphatic heterocycles. The molecule has 3 aromatic carbocycles. The number of benzene rings is 3. The van der Waals surface area contributed by atoms with Gasteiger partial charge >= 0.3 is 0 Å². The van der Waals surface area contributed by atoms with Crippen LogP contribution in [0.4, 0.5) is 14.5 Å². The third kappa shape index (κ3) is 3.61. The van der Waals surface area contributed by atoms with Gasteiger partial charge in [0.15, 0.2) is 0 Å². The molecule has 0 amide bonds. The largest absolute Gasteiger partial charge is 0.280 e. The van der Waals surface area contributed by atoms with Crippen LogP contribution in [0.5, 0.6) is 0 Å². The zero-order chi connectivity index (χ0) is 19.9. The van der Waals surface area contributed by atoms with E-state index < -0.39 is 26.6 Å². The SMILES string of the molecule is Cc1ccc2nc(-c3ccc(NS(=O)(=O)c4ccc(F)cc4F)cc3)sc2c1. The van der Waals surface area contributed by atoms with E-state index in [0.29, 0.717) is 6.07 Å². The van der Waals surface area contributed by atoms with Gasteiger partial charge in [0.2, 0.25) is 0 Å². The lowest BCUT2D eigenvalue weighted by Gasteiger charge is -2.09. The summed E-state index contributed by atoms with van der Waals surface area (Å²) < 4.78 is 54.9. The van der Waals surface area contributed by atoms with E-state index in [2.05, 4.69) is 15.8 Å². The van der Waals surface area contributed by atoms with Crippen molar-refractivity contribution < 1.29 is 17.2 Å². The van der Waals surface area contributed by atoms with E-state index in [0.717, 1.165) is 38.5 Å². The molecular formula is C20H14F2N2O2S2. The summed E-state index contributed by atoms with van der Waals surface area (Å²) in [5, 5.41) is 0.819. The monoisotopic (exact) mass is 416 g/mol. The van der Waals surface area contributed by atoms with Crippen molar-refractivity contribution in [1.29, 1.82) is 0 Å². The summed E-state index contributed by atoms with van der Waals surface area (Å²) in [6, 6.07) is 15.0. The first kappa shape index (κ1) is 18.5. The lowest BCUT2D eigenvalue weighted by Crippen LogP contribution is -2.14. The van der Waals surface area contributed by atoms with Crippen molar-refractivity contribution in [2.24, 2.45) is 0 Å². The van der Waals surface area contributed by atoms with Gasteiger partial charge in [-0.3, -0.25) is 4.72 Å². The Morgan fingerprint density at radius 3 is 2.43 bits per heavy atom. The molecule has 4 aromatic rings. The van der Waals surface area contributed by atoms with Gasteiger partial charge in [-0.2, -0.15) is 0 Å². The molecule has 28 heavy (non-hydrogen) atoms. The summed E-state index contributed by atoms with van der Waals surface area (Å²) in [4.78, 5) is 3.98. The van der Waals surface area contributed by atoms with Crippen LogP contribution in [0.25, 0.3) is 20.8 Å². The molecule has 0 aliphatic carbocycles. The summed E-state index contributed by atoms with van der Waals surface area (Å²) in [5.41, 5.74) is 3.17. The minimum atomic E-state index is -4.17. The van der Waals surface area contributed by atoms with E-state index in [1.165, 1.54) is 0 Å². The highest BCUT2D eigenvalue weighted by Gasteiger charge is 2.19. The fourth-order valence-corrected chi connectivity index (χ4v) is 4.93. The number of rotatable bonds is 4. The maximum absolute atomic E-state index is 13.8. The number of hydrogen-bond acceptors (Lipinski definition) is 4. The van der Waals surface area contributed by atoms with Crippen LogP contribution in [0, 0.1) is 18.6 Å². The first-order valence-electron chi connectivity index (χ1n) is 8.27. The molecule has 4 rings (SSSR count). The van der Waals surface area contributed by atoms with E-state index in [-0.39, 0.29) is 5.69 Å². The Balaban J connectivity index is 1.60. The molecule has 4 nitrogen and oxygen atoms in total. The second-order valence-electron chi connectivity index (χ2n) is 6.25. The zero-order valence-electron chi connectivity index (χ0n) is 14.6. The second-order valence-corrected chi connectivity index (χ2v) is 8.93. The molecule has 0 unspecified atom stereocenters. The smallest absolute Gasteiger partial charge is 0.264 e. The zero-order valence-corrected chi connectivity index (χ0v) is 16.2.